The van der Waals surface area contributed by atoms with Crippen LogP contribution >= 0.6 is 0 Å². The first-order valence-electron chi connectivity index (χ1n) is 13.5. The molecule has 38 heavy (non-hydrogen) atoms. The molecule has 3 rings (SSSR count). The molecule has 0 aromatic heterocycles. The van der Waals surface area contributed by atoms with Gasteiger partial charge in [0.25, 0.3) is 0 Å². The normalized spacial score (nSPS) is 20.8. The van der Waals surface area contributed by atoms with E-state index in [1.807, 2.05) is 12.2 Å². The number of hydrogen-bond acceptors (Lipinski definition) is 9. The molecule has 1 saturated carbocycles. The molecule has 1 aliphatic heterocycles. The van der Waals surface area contributed by atoms with Crippen molar-refractivity contribution in [2.24, 2.45) is 17.6 Å². The second kappa shape index (κ2) is 14.1. The summed E-state index contributed by atoms with van der Waals surface area (Å²) in [5.74, 6) is 0.588. The summed E-state index contributed by atoms with van der Waals surface area (Å²) in [5.41, 5.74) is 8.59. The van der Waals surface area contributed by atoms with Gasteiger partial charge in [0.2, 0.25) is 0 Å². The third kappa shape index (κ3) is 8.41. The van der Waals surface area contributed by atoms with Crippen LogP contribution in [0.2, 0.25) is 0 Å². The number of phenols is 1. The highest BCUT2D eigenvalue weighted by molar-refractivity contribution is 5.79. The van der Waals surface area contributed by atoms with Gasteiger partial charge in [0.05, 0.1) is 12.9 Å². The second-order valence-electron chi connectivity index (χ2n) is 10.3. The quantitative estimate of drug-likeness (QED) is 0.299. The van der Waals surface area contributed by atoms with E-state index in [4.69, 9.17) is 19.9 Å². The lowest BCUT2D eigenvalue weighted by atomic mass is 9.76. The maximum Gasteiger partial charge on any atom is 0.302 e. The number of rotatable bonds is 12. The Kier molecular flexibility index (Phi) is 10.9. The number of ether oxygens (including phenoxy) is 3. The standard InChI is InChI=1S/C29H42N2O7/c1-18(33)37-24(15-25(38-19(2)34)12-20-6-4-5-7-23(20)17-32)9-8-21-13-28(36-3)27(35)16-26(21)22-10-11-31-29(30)14-22/h10,13-14,16,20,23-25,31-32,35H,4-9,11-12,15,17,30H2,1-3H3/t20-,23-,24-,25+/m1/s1. The molecule has 1 fully saturated rings. The zero-order valence-electron chi connectivity index (χ0n) is 22.7. The van der Waals surface area contributed by atoms with Crippen molar-refractivity contribution in [2.45, 2.75) is 77.4 Å². The molecule has 1 aromatic rings. The van der Waals surface area contributed by atoms with Gasteiger partial charge in [-0.3, -0.25) is 9.59 Å². The van der Waals surface area contributed by atoms with Gasteiger partial charge >= 0.3 is 11.9 Å². The van der Waals surface area contributed by atoms with Crippen LogP contribution < -0.4 is 15.8 Å². The highest BCUT2D eigenvalue weighted by Gasteiger charge is 2.30. The van der Waals surface area contributed by atoms with Crippen LogP contribution in [-0.2, 0) is 25.5 Å². The fraction of sp³-hybridized carbons (Fsp3) is 0.586. The first kappa shape index (κ1) is 29.4. The fourth-order valence-electron chi connectivity index (χ4n) is 5.66. The Morgan fingerprint density at radius 1 is 1.11 bits per heavy atom. The number of aromatic hydroxyl groups is 1. The molecular weight excluding hydrogens is 488 g/mol. The lowest BCUT2D eigenvalue weighted by Gasteiger charge is -2.33. The third-order valence-electron chi connectivity index (χ3n) is 7.45. The number of dihydropyridines is 1. The molecule has 0 amide bonds. The van der Waals surface area contributed by atoms with Crippen LogP contribution in [0.1, 0.15) is 69.9 Å². The maximum absolute atomic E-state index is 12.0. The summed E-state index contributed by atoms with van der Waals surface area (Å²) in [6.07, 6.45) is 9.06. The number of aliphatic hydroxyl groups excluding tert-OH is 1. The molecular formula is C29H42N2O7. The molecule has 1 aliphatic carbocycles. The summed E-state index contributed by atoms with van der Waals surface area (Å²) < 4.78 is 16.7. The second-order valence-corrected chi connectivity index (χ2v) is 10.3. The molecule has 0 bridgehead atoms. The Morgan fingerprint density at radius 2 is 1.79 bits per heavy atom. The van der Waals surface area contributed by atoms with Gasteiger partial charge in [-0.05, 0) is 78.8 Å². The number of nitrogens with two attached hydrogens (primary N) is 1. The monoisotopic (exact) mass is 530 g/mol. The number of aryl methyl sites for hydroxylation is 1. The Morgan fingerprint density at radius 3 is 2.42 bits per heavy atom. The Balaban J connectivity index is 1.81. The minimum absolute atomic E-state index is 0.0232. The van der Waals surface area contributed by atoms with Crippen molar-refractivity contribution in [1.29, 1.82) is 0 Å². The first-order valence-corrected chi connectivity index (χ1v) is 13.5. The third-order valence-corrected chi connectivity index (χ3v) is 7.45. The molecule has 9 nitrogen and oxygen atoms in total. The van der Waals surface area contributed by atoms with Crippen LogP contribution in [0.3, 0.4) is 0 Å². The smallest absolute Gasteiger partial charge is 0.302 e. The number of hydrogen-bond donors (Lipinski definition) is 4. The zero-order valence-corrected chi connectivity index (χ0v) is 22.7. The summed E-state index contributed by atoms with van der Waals surface area (Å²) in [6, 6.07) is 3.45. The average molecular weight is 531 g/mol. The Labute approximate surface area is 225 Å². The summed E-state index contributed by atoms with van der Waals surface area (Å²) in [4.78, 5) is 23.9. The van der Waals surface area contributed by atoms with Gasteiger partial charge in [0, 0.05) is 33.4 Å². The predicted molar refractivity (Wildman–Crippen MR) is 144 cm³/mol. The van der Waals surface area contributed by atoms with Gasteiger partial charge in [-0.15, -0.1) is 0 Å². The van der Waals surface area contributed by atoms with E-state index >= 15 is 0 Å². The Hall–Kier alpha value is -3.20. The Bertz CT molecular complexity index is 1040. The molecule has 2 aliphatic rings. The number of carbonyl (C=O) groups excluding carboxylic acids is 2. The van der Waals surface area contributed by atoms with E-state index in [-0.39, 0.29) is 30.2 Å². The van der Waals surface area contributed by atoms with Crippen LogP contribution in [0.25, 0.3) is 5.57 Å². The van der Waals surface area contributed by atoms with E-state index in [2.05, 4.69) is 5.32 Å². The number of phenolic OH excluding ortho intramolecular Hbond substituents is 1. The SMILES string of the molecule is COc1cc(CC[C@H](C[C@H](C[C@H]2CCCC[C@@H]2CO)OC(C)=O)OC(C)=O)c(C2=CCNC(N)=C2)cc1O. The van der Waals surface area contributed by atoms with Crippen molar-refractivity contribution in [1.82, 2.24) is 5.32 Å². The molecule has 1 aromatic carbocycles. The van der Waals surface area contributed by atoms with Crippen molar-refractivity contribution >= 4 is 17.5 Å². The summed E-state index contributed by atoms with van der Waals surface area (Å²) >= 11 is 0. The molecule has 0 unspecified atom stereocenters. The van der Waals surface area contributed by atoms with Gasteiger partial charge < -0.3 is 35.5 Å². The molecule has 0 radical (unpaired) electrons. The van der Waals surface area contributed by atoms with Crippen LogP contribution in [0.5, 0.6) is 11.5 Å². The highest BCUT2D eigenvalue weighted by atomic mass is 16.6. The van der Waals surface area contributed by atoms with E-state index in [0.717, 1.165) is 42.4 Å². The van der Waals surface area contributed by atoms with Crippen molar-refractivity contribution in [3.8, 4) is 11.5 Å². The summed E-state index contributed by atoms with van der Waals surface area (Å²) in [7, 11) is 1.50. The lowest BCUT2D eigenvalue weighted by molar-refractivity contribution is -0.154. The van der Waals surface area contributed by atoms with Crippen LogP contribution in [-0.4, -0.2) is 54.6 Å². The zero-order chi connectivity index (χ0) is 27.7. The number of nitrogens with one attached hydrogen (secondary N) is 1. The molecule has 9 heteroatoms. The van der Waals surface area contributed by atoms with Crippen molar-refractivity contribution in [2.75, 3.05) is 20.3 Å². The van der Waals surface area contributed by atoms with Gasteiger partial charge in [0.1, 0.15) is 12.2 Å². The van der Waals surface area contributed by atoms with E-state index < -0.39 is 18.2 Å². The van der Waals surface area contributed by atoms with Gasteiger partial charge in [-0.1, -0.05) is 18.9 Å². The molecule has 1 heterocycles. The minimum Gasteiger partial charge on any atom is -0.504 e. The first-order chi connectivity index (χ1) is 18.2. The van der Waals surface area contributed by atoms with Gasteiger partial charge in [-0.25, -0.2) is 0 Å². The molecule has 210 valence electrons. The number of allylic oxidation sites excluding steroid dienone is 2. The van der Waals surface area contributed by atoms with Crippen molar-refractivity contribution < 1.29 is 34.0 Å². The van der Waals surface area contributed by atoms with Crippen LogP contribution in [0.4, 0.5) is 0 Å². The summed E-state index contributed by atoms with van der Waals surface area (Å²) in [5, 5.41) is 23.4. The van der Waals surface area contributed by atoms with Crippen molar-refractivity contribution in [3.63, 3.8) is 0 Å². The van der Waals surface area contributed by atoms with Crippen LogP contribution in [0, 0.1) is 11.8 Å². The number of aliphatic hydroxyl groups is 1. The molecule has 0 spiro atoms. The molecule has 5 N–H and O–H groups in total. The fourth-order valence-corrected chi connectivity index (χ4v) is 5.66. The lowest BCUT2D eigenvalue weighted by Crippen LogP contribution is -2.32. The van der Waals surface area contributed by atoms with Crippen LogP contribution in [0.15, 0.2) is 30.1 Å². The van der Waals surface area contributed by atoms with E-state index in [0.29, 0.717) is 43.8 Å². The van der Waals surface area contributed by atoms with E-state index in [1.54, 1.807) is 12.1 Å². The largest absolute Gasteiger partial charge is 0.504 e. The number of carbonyl (C=O) groups is 2. The van der Waals surface area contributed by atoms with Gasteiger partial charge in [0.15, 0.2) is 11.5 Å². The average Bonchev–Trinajstić information content (AvgIpc) is 2.87. The predicted octanol–water partition coefficient (Wildman–Crippen LogP) is 3.56. The number of esters is 2. The maximum atomic E-state index is 12.0. The van der Waals surface area contributed by atoms with E-state index in [9.17, 15) is 19.8 Å². The van der Waals surface area contributed by atoms with E-state index in [1.165, 1.54) is 21.0 Å². The minimum atomic E-state index is -0.483. The highest BCUT2D eigenvalue weighted by Crippen LogP contribution is 2.36. The molecule has 0 saturated heterocycles. The van der Waals surface area contributed by atoms with Gasteiger partial charge in [-0.2, -0.15) is 0 Å². The number of benzene rings is 1. The number of methoxy groups -OCH3 is 1. The molecule has 4 atom stereocenters. The summed E-state index contributed by atoms with van der Waals surface area (Å²) in [6.45, 7) is 3.46. The topological polar surface area (TPSA) is 140 Å². The van der Waals surface area contributed by atoms with Crippen molar-refractivity contribution in [3.05, 3.63) is 41.2 Å².